The highest BCUT2D eigenvalue weighted by Crippen LogP contribution is 2.50. The molecule has 2 fully saturated rings. The average Bonchev–Trinajstić information content (AvgIpc) is 3.15. The molecule has 1 aromatic heterocycles. The Morgan fingerprint density at radius 2 is 2.04 bits per heavy atom. The number of carbonyl (C=O) groups excluding carboxylic acids is 1. The highest BCUT2D eigenvalue weighted by atomic mass is 16.3. The third-order valence-corrected chi connectivity index (χ3v) is 5.34. The molecule has 1 aromatic carbocycles. The number of benzene rings is 1. The standard InChI is InChI=1S/C18H22N4O2/c23-16(17(8-9-17)11-14-5-2-1-3-6-14)22-10-4-7-18(24,13-22)15-12-19-21-20-15/h1-3,5-6,12,24H,4,7-11,13H2,(H,19,20,21)/t18-/m0/s1. The number of H-pyrrole nitrogens is 1. The summed E-state index contributed by atoms with van der Waals surface area (Å²) in [6, 6.07) is 10.2. The summed E-state index contributed by atoms with van der Waals surface area (Å²) >= 11 is 0. The lowest BCUT2D eigenvalue weighted by Gasteiger charge is -2.39. The first-order chi connectivity index (χ1) is 11.6. The summed E-state index contributed by atoms with van der Waals surface area (Å²) in [4.78, 5) is 14.9. The zero-order chi connectivity index (χ0) is 16.6. The highest BCUT2D eigenvalue weighted by Gasteiger charge is 2.53. The van der Waals surface area contributed by atoms with Gasteiger partial charge in [-0.25, -0.2) is 0 Å². The average molecular weight is 326 g/mol. The van der Waals surface area contributed by atoms with Crippen molar-refractivity contribution in [1.29, 1.82) is 0 Å². The van der Waals surface area contributed by atoms with E-state index in [0.717, 1.165) is 25.7 Å². The first-order valence-electron chi connectivity index (χ1n) is 8.53. The number of amides is 1. The van der Waals surface area contributed by atoms with Crippen molar-refractivity contribution < 1.29 is 9.90 Å². The van der Waals surface area contributed by atoms with E-state index < -0.39 is 5.60 Å². The van der Waals surface area contributed by atoms with Gasteiger partial charge in [0.05, 0.1) is 18.2 Å². The third kappa shape index (κ3) is 2.71. The smallest absolute Gasteiger partial charge is 0.229 e. The van der Waals surface area contributed by atoms with Crippen molar-refractivity contribution in [2.75, 3.05) is 13.1 Å². The van der Waals surface area contributed by atoms with Crippen LogP contribution in [-0.4, -0.2) is 44.4 Å². The van der Waals surface area contributed by atoms with Gasteiger partial charge in [0.25, 0.3) is 0 Å². The molecule has 0 bridgehead atoms. The maximum absolute atomic E-state index is 13.1. The lowest BCUT2D eigenvalue weighted by Crippen LogP contribution is -2.51. The predicted octanol–water partition coefficient (Wildman–Crippen LogP) is 1.64. The molecule has 2 heterocycles. The summed E-state index contributed by atoms with van der Waals surface area (Å²) in [6.45, 7) is 1.00. The summed E-state index contributed by atoms with van der Waals surface area (Å²) < 4.78 is 0. The van der Waals surface area contributed by atoms with Gasteiger partial charge in [-0.3, -0.25) is 4.79 Å². The van der Waals surface area contributed by atoms with Crippen molar-refractivity contribution in [3.05, 3.63) is 47.8 Å². The molecule has 1 aliphatic carbocycles. The quantitative estimate of drug-likeness (QED) is 0.895. The Labute approximate surface area is 140 Å². The van der Waals surface area contributed by atoms with E-state index in [-0.39, 0.29) is 11.3 Å². The fourth-order valence-corrected chi connectivity index (χ4v) is 3.78. The van der Waals surface area contributed by atoms with E-state index in [2.05, 4.69) is 27.5 Å². The molecule has 6 nitrogen and oxygen atoms in total. The van der Waals surface area contributed by atoms with Crippen LogP contribution in [0.5, 0.6) is 0 Å². The summed E-state index contributed by atoms with van der Waals surface area (Å²) in [5, 5.41) is 21.3. The molecular weight excluding hydrogens is 304 g/mol. The summed E-state index contributed by atoms with van der Waals surface area (Å²) in [5.41, 5.74) is 0.354. The molecule has 126 valence electrons. The van der Waals surface area contributed by atoms with Crippen molar-refractivity contribution in [3.63, 3.8) is 0 Å². The van der Waals surface area contributed by atoms with Gasteiger partial charge in [-0.05, 0) is 37.7 Å². The monoisotopic (exact) mass is 326 g/mol. The van der Waals surface area contributed by atoms with Gasteiger partial charge in [-0.2, -0.15) is 15.4 Å². The van der Waals surface area contributed by atoms with Crippen LogP contribution >= 0.6 is 0 Å². The van der Waals surface area contributed by atoms with Crippen molar-refractivity contribution in [1.82, 2.24) is 20.3 Å². The molecule has 0 radical (unpaired) electrons. The molecule has 2 N–H and O–H groups in total. The molecule has 2 aliphatic rings. The Hall–Kier alpha value is -2.21. The molecule has 1 aliphatic heterocycles. The van der Waals surface area contributed by atoms with Gasteiger partial charge in [-0.15, -0.1) is 0 Å². The van der Waals surface area contributed by atoms with E-state index in [1.54, 1.807) is 6.20 Å². The molecule has 4 rings (SSSR count). The number of rotatable bonds is 4. The van der Waals surface area contributed by atoms with Crippen LogP contribution < -0.4 is 0 Å². The molecule has 6 heteroatoms. The second-order valence-corrected chi connectivity index (χ2v) is 7.16. The van der Waals surface area contributed by atoms with Crippen LogP contribution in [0.3, 0.4) is 0 Å². The van der Waals surface area contributed by atoms with Gasteiger partial charge in [-0.1, -0.05) is 30.3 Å². The Balaban J connectivity index is 1.50. The van der Waals surface area contributed by atoms with Crippen LogP contribution in [-0.2, 0) is 16.8 Å². The summed E-state index contributed by atoms with van der Waals surface area (Å²) in [5.74, 6) is 0.174. The normalized spacial score (nSPS) is 25.5. The number of hydrogen-bond donors (Lipinski definition) is 2. The maximum Gasteiger partial charge on any atom is 0.229 e. The Morgan fingerprint density at radius 3 is 2.71 bits per heavy atom. The first-order valence-corrected chi connectivity index (χ1v) is 8.53. The highest BCUT2D eigenvalue weighted by molar-refractivity contribution is 5.86. The van der Waals surface area contributed by atoms with Gasteiger partial charge in [0.2, 0.25) is 5.91 Å². The number of piperidine rings is 1. The number of aromatic amines is 1. The lowest BCUT2D eigenvalue weighted by molar-refractivity contribution is -0.145. The van der Waals surface area contributed by atoms with Gasteiger partial charge < -0.3 is 10.0 Å². The lowest BCUT2D eigenvalue weighted by atomic mass is 9.88. The second-order valence-electron chi connectivity index (χ2n) is 7.16. The van der Waals surface area contributed by atoms with Crippen LogP contribution in [0.25, 0.3) is 0 Å². The molecule has 1 saturated heterocycles. The van der Waals surface area contributed by atoms with E-state index in [1.807, 2.05) is 23.1 Å². The van der Waals surface area contributed by atoms with Gasteiger partial charge in [0, 0.05) is 6.54 Å². The minimum absolute atomic E-state index is 0.174. The van der Waals surface area contributed by atoms with Crippen LogP contribution in [0.15, 0.2) is 36.5 Å². The predicted molar refractivity (Wildman–Crippen MR) is 87.9 cm³/mol. The molecular formula is C18H22N4O2. The summed E-state index contributed by atoms with van der Waals surface area (Å²) in [7, 11) is 0. The number of aromatic nitrogens is 3. The number of hydrogen-bond acceptors (Lipinski definition) is 4. The van der Waals surface area contributed by atoms with E-state index in [0.29, 0.717) is 25.2 Å². The molecule has 0 spiro atoms. The minimum atomic E-state index is -1.09. The Bertz CT molecular complexity index is 712. The van der Waals surface area contributed by atoms with Crippen LogP contribution in [0, 0.1) is 5.41 Å². The number of aliphatic hydroxyl groups is 1. The summed E-state index contributed by atoms with van der Waals surface area (Å²) in [6.07, 6.45) is 5.57. The van der Waals surface area contributed by atoms with Crippen molar-refractivity contribution in [2.24, 2.45) is 5.41 Å². The molecule has 1 saturated carbocycles. The van der Waals surface area contributed by atoms with E-state index in [9.17, 15) is 9.90 Å². The molecule has 1 atom stereocenters. The fourth-order valence-electron chi connectivity index (χ4n) is 3.78. The zero-order valence-corrected chi connectivity index (χ0v) is 13.6. The molecule has 24 heavy (non-hydrogen) atoms. The number of likely N-dealkylation sites (tertiary alicyclic amines) is 1. The number of carbonyl (C=O) groups is 1. The number of β-amino-alcohol motifs (C(OH)–C–C–N with tert-alkyl or cyclic N) is 1. The molecule has 2 aromatic rings. The topological polar surface area (TPSA) is 82.1 Å². The van der Waals surface area contributed by atoms with Crippen molar-refractivity contribution in [2.45, 2.75) is 37.7 Å². The Morgan fingerprint density at radius 1 is 1.25 bits per heavy atom. The zero-order valence-electron chi connectivity index (χ0n) is 13.6. The number of nitrogens with zero attached hydrogens (tertiary/aromatic N) is 3. The Kier molecular flexibility index (Phi) is 3.64. The number of nitrogens with one attached hydrogen (secondary N) is 1. The van der Waals surface area contributed by atoms with Gasteiger partial charge >= 0.3 is 0 Å². The third-order valence-electron chi connectivity index (χ3n) is 5.34. The van der Waals surface area contributed by atoms with Crippen LogP contribution in [0.4, 0.5) is 0 Å². The minimum Gasteiger partial charge on any atom is -0.382 e. The van der Waals surface area contributed by atoms with Gasteiger partial charge in [0.15, 0.2) is 0 Å². The van der Waals surface area contributed by atoms with Crippen molar-refractivity contribution >= 4 is 5.91 Å². The fraction of sp³-hybridized carbons (Fsp3) is 0.500. The molecule has 1 amide bonds. The van der Waals surface area contributed by atoms with E-state index >= 15 is 0 Å². The SMILES string of the molecule is O=C(N1CCC[C@@](O)(c2cn[nH]n2)C1)C1(Cc2ccccc2)CC1. The second kappa shape index (κ2) is 5.70. The molecule has 0 unspecified atom stereocenters. The largest absolute Gasteiger partial charge is 0.382 e. The van der Waals surface area contributed by atoms with Crippen LogP contribution in [0.2, 0.25) is 0 Å². The first kappa shape index (κ1) is 15.3. The maximum atomic E-state index is 13.1. The van der Waals surface area contributed by atoms with Crippen molar-refractivity contribution in [3.8, 4) is 0 Å². The van der Waals surface area contributed by atoms with E-state index in [1.165, 1.54) is 5.56 Å². The van der Waals surface area contributed by atoms with E-state index in [4.69, 9.17) is 0 Å². The van der Waals surface area contributed by atoms with Gasteiger partial charge in [0.1, 0.15) is 11.3 Å². The van der Waals surface area contributed by atoms with Crippen LogP contribution in [0.1, 0.15) is 36.9 Å².